The summed E-state index contributed by atoms with van der Waals surface area (Å²) in [6.45, 7) is 2.45. The van der Waals surface area contributed by atoms with Gasteiger partial charge in [0.25, 0.3) is 0 Å². The summed E-state index contributed by atoms with van der Waals surface area (Å²) >= 11 is 0. The minimum atomic E-state index is 0.507. The van der Waals surface area contributed by atoms with Gasteiger partial charge in [0.05, 0.1) is 0 Å². The largest absolute Gasteiger partial charge is 0.316 e. The SMILES string of the molecule is CNC(CCc1ccnn1C)C1(C)CCCC1. The van der Waals surface area contributed by atoms with Crippen LogP contribution in [0.4, 0.5) is 0 Å². The fourth-order valence-corrected chi connectivity index (χ4v) is 3.31. The van der Waals surface area contributed by atoms with E-state index in [1.165, 1.54) is 37.8 Å². The van der Waals surface area contributed by atoms with Gasteiger partial charge in [0.2, 0.25) is 0 Å². The van der Waals surface area contributed by atoms with Crippen molar-refractivity contribution in [1.82, 2.24) is 15.1 Å². The molecule has 0 bridgehead atoms. The topological polar surface area (TPSA) is 29.9 Å². The molecule has 1 saturated carbocycles. The molecule has 2 rings (SSSR count). The summed E-state index contributed by atoms with van der Waals surface area (Å²) in [5.74, 6) is 0. The van der Waals surface area contributed by atoms with Crippen molar-refractivity contribution in [2.24, 2.45) is 12.5 Å². The van der Waals surface area contributed by atoms with Crippen LogP contribution in [-0.4, -0.2) is 22.9 Å². The molecule has 1 aliphatic carbocycles. The summed E-state index contributed by atoms with van der Waals surface area (Å²) in [6.07, 6.45) is 9.79. The van der Waals surface area contributed by atoms with Gasteiger partial charge in [-0.05, 0) is 44.2 Å². The van der Waals surface area contributed by atoms with E-state index in [1.807, 2.05) is 17.9 Å². The minimum Gasteiger partial charge on any atom is -0.316 e. The molecule has 1 N–H and O–H groups in total. The van der Waals surface area contributed by atoms with E-state index in [1.54, 1.807) is 0 Å². The molecule has 1 fully saturated rings. The molecule has 1 unspecified atom stereocenters. The van der Waals surface area contributed by atoms with Gasteiger partial charge in [0.1, 0.15) is 0 Å². The Morgan fingerprint density at radius 2 is 2.18 bits per heavy atom. The molecule has 0 radical (unpaired) electrons. The summed E-state index contributed by atoms with van der Waals surface area (Å²) < 4.78 is 1.99. The monoisotopic (exact) mass is 235 g/mol. The van der Waals surface area contributed by atoms with E-state index < -0.39 is 0 Å². The quantitative estimate of drug-likeness (QED) is 0.850. The van der Waals surface area contributed by atoms with E-state index in [0.717, 1.165) is 6.42 Å². The first-order valence-corrected chi connectivity index (χ1v) is 6.80. The third kappa shape index (κ3) is 2.71. The van der Waals surface area contributed by atoms with Gasteiger partial charge in [-0.1, -0.05) is 19.8 Å². The van der Waals surface area contributed by atoms with Crippen LogP contribution in [0, 0.1) is 5.41 Å². The van der Waals surface area contributed by atoms with Crippen LogP contribution in [0.5, 0.6) is 0 Å². The Morgan fingerprint density at radius 1 is 1.47 bits per heavy atom. The molecule has 96 valence electrons. The smallest absolute Gasteiger partial charge is 0.0492 e. The first-order valence-electron chi connectivity index (χ1n) is 6.80. The van der Waals surface area contributed by atoms with Crippen LogP contribution in [0.25, 0.3) is 0 Å². The molecule has 1 aliphatic rings. The highest BCUT2D eigenvalue weighted by molar-refractivity contribution is 5.02. The van der Waals surface area contributed by atoms with Crippen molar-refractivity contribution in [3.63, 3.8) is 0 Å². The number of nitrogens with zero attached hydrogens (tertiary/aromatic N) is 2. The van der Waals surface area contributed by atoms with Gasteiger partial charge in [-0.25, -0.2) is 0 Å². The molecule has 3 heteroatoms. The van der Waals surface area contributed by atoms with Crippen LogP contribution < -0.4 is 5.32 Å². The van der Waals surface area contributed by atoms with E-state index in [9.17, 15) is 0 Å². The van der Waals surface area contributed by atoms with Crippen LogP contribution in [0.3, 0.4) is 0 Å². The number of aryl methyl sites for hydroxylation is 2. The summed E-state index contributed by atoms with van der Waals surface area (Å²) in [5.41, 5.74) is 1.85. The predicted octanol–water partition coefficient (Wildman–Crippen LogP) is 2.52. The zero-order chi connectivity index (χ0) is 12.3. The van der Waals surface area contributed by atoms with Gasteiger partial charge in [0, 0.05) is 25.0 Å². The van der Waals surface area contributed by atoms with Crippen molar-refractivity contribution in [3.05, 3.63) is 18.0 Å². The maximum Gasteiger partial charge on any atom is 0.0492 e. The normalized spacial score (nSPS) is 20.6. The van der Waals surface area contributed by atoms with Crippen LogP contribution in [0.2, 0.25) is 0 Å². The van der Waals surface area contributed by atoms with Crippen molar-refractivity contribution >= 4 is 0 Å². The molecule has 0 aliphatic heterocycles. The van der Waals surface area contributed by atoms with Crippen molar-refractivity contribution in [3.8, 4) is 0 Å². The second-order valence-electron chi connectivity index (χ2n) is 5.69. The van der Waals surface area contributed by atoms with Crippen molar-refractivity contribution in [2.75, 3.05) is 7.05 Å². The number of hydrogen-bond acceptors (Lipinski definition) is 2. The van der Waals surface area contributed by atoms with Crippen LogP contribution in [0.15, 0.2) is 12.3 Å². The van der Waals surface area contributed by atoms with E-state index in [4.69, 9.17) is 0 Å². The fourth-order valence-electron chi connectivity index (χ4n) is 3.31. The maximum atomic E-state index is 4.23. The second-order valence-corrected chi connectivity index (χ2v) is 5.69. The molecule has 17 heavy (non-hydrogen) atoms. The lowest BCUT2D eigenvalue weighted by molar-refractivity contribution is 0.219. The molecule has 1 heterocycles. The van der Waals surface area contributed by atoms with Gasteiger partial charge in [-0.15, -0.1) is 0 Å². The Bertz CT molecular complexity index is 350. The summed E-state index contributed by atoms with van der Waals surface area (Å²) in [6, 6.07) is 2.77. The van der Waals surface area contributed by atoms with Gasteiger partial charge < -0.3 is 5.32 Å². The molecular formula is C14H25N3. The Morgan fingerprint density at radius 3 is 2.71 bits per heavy atom. The third-order valence-corrected chi connectivity index (χ3v) is 4.55. The highest BCUT2D eigenvalue weighted by Crippen LogP contribution is 2.41. The van der Waals surface area contributed by atoms with Crippen molar-refractivity contribution < 1.29 is 0 Å². The second kappa shape index (κ2) is 5.21. The average Bonchev–Trinajstić information content (AvgIpc) is 2.90. The Kier molecular flexibility index (Phi) is 3.87. The molecule has 0 saturated heterocycles. The molecule has 0 aromatic carbocycles. The number of rotatable bonds is 5. The van der Waals surface area contributed by atoms with Gasteiger partial charge >= 0.3 is 0 Å². The summed E-state index contributed by atoms with van der Waals surface area (Å²) in [5, 5.41) is 7.77. The zero-order valence-corrected chi connectivity index (χ0v) is 11.4. The first-order chi connectivity index (χ1) is 8.15. The average molecular weight is 235 g/mol. The Balaban J connectivity index is 1.94. The number of nitrogens with one attached hydrogen (secondary N) is 1. The highest BCUT2D eigenvalue weighted by Gasteiger charge is 2.35. The lowest BCUT2D eigenvalue weighted by atomic mass is 9.78. The van der Waals surface area contributed by atoms with Crippen LogP contribution in [0.1, 0.15) is 44.7 Å². The molecule has 1 atom stereocenters. The van der Waals surface area contributed by atoms with E-state index in [2.05, 4.69) is 30.5 Å². The molecular weight excluding hydrogens is 210 g/mol. The number of hydrogen-bond donors (Lipinski definition) is 1. The van der Waals surface area contributed by atoms with Crippen LogP contribution in [-0.2, 0) is 13.5 Å². The summed E-state index contributed by atoms with van der Waals surface area (Å²) in [7, 11) is 4.14. The van der Waals surface area contributed by atoms with E-state index in [-0.39, 0.29) is 0 Å². The van der Waals surface area contributed by atoms with Gasteiger partial charge in [-0.2, -0.15) is 5.10 Å². The maximum absolute atomic E-state index is 4.23. The molecule has 0 spiro atoms. The van der Waals surface area contributed by atoms with Crippen molar-refractivity contribution in [2.45, 2.75) is 51.5 Å². The van der Waals surface area contributed by atoms with Crippen molar-refractivity contribution in [1.29, 1.82) is 0 Å². The Labute approximate surface area is 105 Å². The lowest BCUT2D eigenvalue weighted by Crippen LogP contribution is -2.40. The Hall–Kier alpha value is -0.830. The molecule has 1 aromatic heterocycles. The molecule has 1 aromatic rings. The third-order valence-electron chi connectivity index (χ3n) is 4.55. The van der Waals surface area contributed by atoms with E-state index in [0.29, 0.717) is 11.5 Å². The first kappa shape index (κ1) is 12.6. The predicted molar refractivity (Wildman–Crippen MR) is 71.0 cm³/mol. The fraction of sp³-hybridized carbons (Fsp3) is 0.786. The lowest BCUT2D eigenvalue weighted by Gasteiger charge is -2.34. The highest BCUT2D eigenvalue weighted by atomic mass is 15.2. The standard InChI is InChI=1S/C14H25N3/c1-14(9-4-5-10-14)13(15-2)7-6-12-8-11-16-17(12)3/h8,11,13,15H,4-7,9-10H2,1-3H3. The zero-order valence-electron chi connectivity index (χ0n) is 11.4. The minimum absolute atomic E-state index is 0.507. The summed E-state index contributed by atoms with van der Waals surface area (Å²) in [4.78, 5) is 0. The number of aromatic nitrogens is 2. The van der Waals surface area contributed by atoms with Crippen LogP contribution >= 0.6 is 0 Å². The molecule has 3 nitrogen and oxygen atoms in total. The van der Waals surface area contributed by atoms with Gasteiger partial charge in [0.15, 0.2) is 0 Å². The molecule has 0 amide bonds. The van der Waals surface area contributed by atoms with Gasteiger partial charge in [-0.3, -0.25) is 4.68 Å². The van der Waals surface area contributed by atoms with E-state index >= 15 is 0 Å².